The number of hydrogen-bond donors (Lipinski definition) is 3. The van der Waals surface area contributed by atoms with Crippen molar-refractivity contribution in [2.75, 3.05) is 5.32 Å². The Balaban J connectivity index is 1.46. The van der Waals surface area contributed by atoms with E-state index in [2.05, 4.69) is 20.6 Å². The molecule has 0 saturated heterocycles. The number of H-pyrrole nitrogens is 1. The molecule has 5 rings (SSSR count). The molecular weight excluding hydrogens is 448 g/mol. The summed E-state index contributed by atoms with van der Waals surface area (Å²) in [6, 6.07) is 29.9. The molecule has 178 valence electrons. The minimum absolute atomic E-state index is 0.237. The molecular formula is C30H26N4O2. The zero-order valence-corrected chi connectivity index (χ0v) is 19.6. The molecule has 2 aromatic heterocycles. The molecule has 2 heterocycles. The summed E-state index contributed by atoms with van der Waals surface area (Å²) in [4.78, 5) is 34.6. The van der Waals surface area contributed by atoms with Crippen molar-refractivity contribution in [1.29, 1.82) is 0 Å². The van der Waals surface area contributed by atoms with Crippen LogP contribution in [0.1, 0.15) is 22.6 Å². The largest absolute Gasteiger partial charge is 0.361 e. The van der Waals surface area contributed by atoms with Crippen LogP contribution in [-0.4, -0.2) is 27.8 Å². The number of carbonyl (C=O) groups is 2. The maximum Gasteiger partial charge on any atom is 0.247 e. The number of rotatable bonds is 8. The average Bonchev–Trinajstić information content (AvgIpc) is 3.33. The summed E-state index contributed by atoms with van der Waals surface area (Å²) in [5.41, 5.74) is 4.23. The van der Waals surface area contributed by atoms with E-state index in [1.165, 1.54) is 0 Å². The fourth-order valence-electron chi connectivity index (χ4n) is 4.44. The average molecular weight is 475 g/mol. The van der Waals surface area contributed by atoms with Gasteiger partial charge in [0.1, 0.15) is 6.04 Å². The minimum atomic E-state index is -0.799. The third kappa shape index (κ3) is 5.18. The number of aromatic nitrogens is 2. The second kappa shape index (κ2) is 10.7. The third-order valence-corrected chi connectivity index (χ3v) is 6.19. The lowest BCUT2D eigenvalue weighted by molar-refractivity contribution is -0.126. The summed E-state index contributed by atoms with van der Waals surface area (Å²) in [7, 11) is 0. The monoisotopic (exact) mass is 474 g/mol. The Morgan fingerprint density at radius 1 is 0.778 bits per heavy atom. The Hall–Kier alpha value is -4.71. The van der Waals surface area contributed by atoms with Crippen LogP contribution in [0.4, 0.5) is 5.69 Å². The first kappa shape index (κ1) is 23.1. The first-order valence-electron chi connectivity index (χ1n) is 11.8. The molecule has 2 amide bonds. The molecule has 6 heteroatoms. The van der Waals surface area contributed by atoms with Gasteiger partial charge >= 0.3 is 0 Å². The zero-order valence-electron chi connectivity index (χ0n) is 19.6. The normalized spacial score (nSPS) is 11.8. The molecule has 1 atom stereocenters. The maximum atomic E-state index is 13.8. The smallest absolute Gasteiger partial charge is 0.247 e. The Kier molecular flexibility index (Phi) is 6.85. The number of hydrogen-bond acceptors (Lipinski definition) is 3. The molecule has 0 fully saturated rings. The van der Waals surface area contributed by atoms with E-state index in [0.29, 0.717) is 12.1 Å². The van der Waals surface area contributed by atoms with Crippen LogP contribution in [0.15, 0.2) is 116 Å². The molecule has 6 nitrogen and oxygen atoms in total. The molecule has 0 bridgehead atoms. The van der Waals surface area contributed by atoms with E-state index in [1.807, 2.05) is 91.1 Å². The molecule has 5 aromatic rings. The fraction of sp³-hybridized carbons (Fsp3) is 0.100. The molecule has 0 aliphatic carbocycles. The fourth-order valence-corrected chi connectivity index (χ4v) is 4.44. The number of para-hydroxylation sites is 1. The highest BCUT2D eigenvalue weighted by atomic mass is 16.2. The van der Waals surface area contributed by atoms with Gasteiger partial charge < -0.3 is 15.6 Å². The SMILES string of the molecule is O=C(N[C@@H](Cc1c[nH]c2ccccc12)C(=O)Nc1cccnc1)C(c1ccccc1)c1ccccc1. The number of nitrogens with one attached hydrogen (secondary N) is 3. The molecule has 0 spiro atoms. The minimum Gasteiger partial charge on any atom is -0.361 e. The molecule has 3 aromatic carbocycles. The highest BCUT2D eigenvalue weighted by Crippen LogP contribution is 2.26. The van der Waals surface area contributed by atoms with Crippen molar-refractivity contribution in [2.45, 2.75) is 18.4 Å². The standard InChI is InChI=1S/C30H26N4O2/c35-29(33-24-14-9-17-31-20-24)27(18-23-19-32-26-16-8-7-15-25(23)26)34-30(36)28(21-10-3-1-4-11-21)22-12-5-2-6-13-22/h1-17,19-20,27-28,32H,18H2,(H,33,35)(H,34,36)/t27-/m0/s1. The lowest BCUT2D eigenvalue weighted by atomic mass is 9.90. The topological polar surface area (TPSA) is 86.9 Å². The van der Waals surface area contributed by atoms with Crippen LogP contribution in [0, 0.1) is 0 Å². The maximum absolute atomic E-state index is 13.8. The summed E-state index contributed by atoms with van der Waals surface area (Å²) in [6.07, 6.45) is 5.45. The Bertz CT molecular complexity index is 1410. The van der Waals surface area contributed by atoms with Gasteiger partial charge in [-0.25, -0.2) is 0 Å². The van der Waals surface area contributed by atoms with Gasteiger partial charge in [-0.3, -0.25) is 14.6 Å². The van der Waals surface area contributed by atoms with E-state index in [9.17, 15) is 9.59 Å². The van der Waals surface area contributed by atoms with Crippen molar-refractivity contribution in [3.8, 4) is 0 Å². The van der Waals surface area contributed by atoms with Crippen molar-refractivity contribution < 1.29 is 9.59 Å². The van der Waals surface area contributed by atoms with Crippen LogP contribution < -0.4 is 10.6 Å². The van der Waals surface area contributed by atoms with Crippen LogP contribution in [0.5, 0.6) is 0 Å². The molecule has 0 saturated carbocycles. The second-order valence-corrected chi connectivity index (χ2v) is 8.61. The van der Waals surface area contributed by atoms with Gasteiger partial charge in [0.15, 0.2) is 0 Å². The van der Waals surface area contributed by atoms with E-state index in [4.69, 9.17) is 0 Å². The molecule has 0 aliphatic rings. The first-order chi connectivity index (χ1) is 17.7. The van der Waals surface area contributed by atoms with Gasteiger partial charge in [0.25, 0.3) is 0 Å². The summed E-state index contributed by atoms with van der Waals surface area (Å²) in [6.45, 7) is 0. The van der Waals surface area contributed by atoms with E-state index in [0.717, 1.165) is 27.6 Å². The summed E-state index contributed by atoms with van der Waals surface area (Å²) < 4.78 is 0. The Labute approximate surface area is 209 Å². The van der Waals surface area contributed by atoms with Crippen LogP contribution in [-0.2, 0) is 16.0 Å². The summed E-state index contributed by atoms with van der Waals surface area (Å²) in [5.74, 6) is -1.09. The van der Waals surface area contributed by atoms with E-state index in [1.54, 1.807) is 24.5 Å². The van der Waals surface area contributed by atoms with Crippen LogP contribution in [0.25, 0.3) is 10.9 Å². The quantitative estimate of drug-likeness (QED) is 0.294. The first-order valence-corrected chi connectivity index (χ1v) is 11.8. The summed E-state index contributed by atoms with van der Waals surface area (Å²) >= 11 is 0. The van der Waals surface area contributed by atoms with Gasteiger partial charge in [0, 0.05) is 29.7 Å². The molecule has 0 unspecified atom stereocenters. The second-order valence-electron chi connectivity index (χ2n) is 8.61. The summed E-state index contributed by atoms with van der Waals surface area (Å²) in [5, 5.41) is 6.97. The van der Waals surface area contributed by atoms with Crippen molar-refractivity contribution in [2.24, 2.45) is 0 Å². The number of nitrogens with zero attached hydrogens (tertiary/aromatic N) is 1. The van der Waals surface area contributed by atoms with Crippen LogP contribution in [0.3, 0.4) is 0 Å². The highest BCUT2D eigenvalue weighted by molar-refractivity contribution is 5.99. The van der Waals surface area contributed by atoms with Gasteiger partial charge in [-0.2, -0.15) is 0 Å². The van der Waals surface area contributed by atoms with Gasteiger partial charge in [0.2, 0.25) is 11.8 Å². The highest BCUT2D eigenvalue weighted by Gasteiger charge is 2.28. The van der Waals surface area contributed by atoms with Gasteiger partial charge in [0.05, 0.1) is 17.8 Å². The van der Waals surface area contributed by atoms with Gasteiger partial charge in [-0.15, -0.1) is 0 Å². The number of aromatic amines is 1. The molecule has 0 aliphatic heterocycles. The van der Waals surface area contributed by atoms with E-state index in [-0.39, 0.29) is 11.8 Å². The van der Waals surface area contributed by atoms with Gasteiger partial charge in [-0.05, 0) is 34.9 Å². The molecule has 3 N–H and O–H groups in total. The van der Waals surface area contributed by atoms with E-state index >= 15 is 0 Å². The molecule has 0 radical (unpaired) electrons. The predicted molar refractivity (Wildman–Crippen MR) is 142 cm³/mol. The van der Waals surface area contributed by atoms with Crippen molar-refractivity contribution >= 4 is 28.4 Å². The number of anilines is 1. The lowest BCUT2D eigenvalue weighted by Crippen LogP contribution is -2.47. The molecule has 36 heavy (non-hydrogen) atoms. The van der Waals surface area contributed by atoms with Crippen molar-refractivity contribution in [3.05, 3.63) is 132 Å². The van der Waals surface area contributed by atoms with E-state index < -0.39 is 12.0 Å². The Morgan fingerprint density at radius 2 is 1.44 bits per heavy atom. The lowest BCUT2D eigenvalue weighted by Gasteiger charge is -2.23. The van der Waals surface area contributed by atoms with Crippen molar-refractivity contribution in [1.82, 2.24) is 15.3 Å². The Morgan fingerprint density at radius 3 is 2.11 bits per heavy atom. The van der Waals surface area contributed by atoms with Crippen LogP contribution >= 0.6 is 0 Å². The number of carbonyl (C=O) groups excluding carboxylic acids is 2. The van der Waals surface area contributed by atoms with Crippen LogP contribution in [0.2, 0.25) is 0 Å². The number of pyridine rings is 1. The van der Waals surface area contributed by atoms with Crippen molar-refractivity contribution in [3.63, 3.8) is 0 Å². The zero-order chi connectivity index (χ0) is 24.7. The number of fused-ring (bicyclic) bond motifs is 1. The number of benzene rings is 3. The number of amides is 2. The van der Waals surface area contributed by atoms with Gasteiger partial charge in [-0.1, -0.05) is 78.9 Å². The predicted octanol–water partition coefficient (Wildman–Crippen LogP) is 5.06. The third-order valence-electron chi connectivity index (χ3n) is 6.19.